The quantitative estimate of drug-likeness (QED) is 0.0259. The maximum atomic E-state index is 14.5. The lowest BCUT2D eigenvalue weighted by molar-refractivity contribution is -0.162. The second kappa shape index (κ2) is 19.6. The molecule has 9 rings (SSSR count). The fraction of sp³-hybridized carbons (Fsp3) is 0.220. The molecule has 2 saturated heterocycles. The number of β-lactam (4-membered cyclic amide) rings is 1. The summed E-state index contributed by atoms with van der Waals surface area (Å²) in [5, 5.41) is 12.7. The summed E-state index contributed by atoms with van der Waals surface area (Å²) in [5.41, 5.74) is 4.39. The number of carbonyl (C=O) groups is 3. The van der Waals surface area contributed by atoms with E-state index in [-0.39, 0.29) is 23.0 Å². The van der Waals surface area contributed by atoms with Crippen LogP contribution in [0.15, 0.2) is 173 Å². The Kier molecular flexibility index (Phi) is 13.2. The Morgan fingerprint density at radius 3 is 1.92 bits per heavy atom. The van der Waals surface area contributed by atoms with Gasteiger partial charge in [-0.15, -0.1) is 34.7 Å². The standard InChI is InChI=1S/C50H44ClN5O6S2/c51-30-35-31-63-47-42(46(58)56(47)43(35)48(59)61-44(33-18-6-1-7-19-33)34-20-8-2-9-21-34)53-45(57)41(55-62-40-28-16-17-29-60-40)39-32-64-49(52-39)54-50(36-22-10-3-11-23-36,37-24-12-4-13-25-37)38-26-14-5-15-27-38/h1-15,18-27,32,40,42,44,47H,16-17,28-31H2,(H,52,54)(H,53,57)/t40?,42?,47-/m0/s1. The summed E-state index contributed by atoms with van der Waals surface area (Å²) in [7, 11) is 0. The van der Waals surface area contributed by atoms with Crippen LogP contribution in [0.2, 0.25) is 0 Å². The number of esters is 1. The zero-order chi connectivity index (χ0) is 43.9. The Morgan fingerprint density at radius 1 is 0.828 bits per heavy atom. The molecule has 64 heavy (non-hydrogen) atoms. The van der Waals surface area contributed by atoms with Crippen LogP contribution in [0, 0.1) is 0 Å². The smallest absolute Gasteiger partial charge is 0.356 e. The van der Waals surface area contributed by atoms with Crippen LogP contribution in [0.4, 0.5) is 5.13 Å². The summed E-state index contributed by atoms with van der Waals surface area (Å²) in [6.45, 7) is 0.512. The third kappa shape index (κ3) is 8.81. The van der Waals surface area contributed by atoms with Crippen LogP contribution in [-0.4, -0.2) is 69.3 Å². The van der Waals surface area contributed by atoms with Gasteiger partial charge in [0.05, 0.1) is 6.61 Å². The number of nitrogens with one attached hydrogen (secondary N) is 2. The summed E-state index contributed by atoms with van der Waals surface area (Å²) >= 11 is 9.13. The number of hydrogen-bond acceptors (Lipinski definition) is 11. The second-order valence-corrected chi connectivity index (χ2v) is 17.6. The maximum Gasteiger partial charge on any atom is 0.356 e. The van der Waals surface area contributed by atoms with Crippen LogP contribution in [-0.2, 0) is 34.2 Å². The zero-order valence-corrected chi connectivity index (χ0v) is 36.9. The number of thioether (sulfide) groups is 1. The number of nitrogens with zero attached hydrogens (tertiary/aromatic N) is 3. The Labute approximate surface area is 384 Å². The molecule has 1 aromatic heterocycles. The first-order valence-electron chi connectivity index (χ1n) is 21.0. The summed E-state index contributed by atoms with van der Waals surface area (Å²) in [6.07, 6.45) is 1.01. The highest BCUT2D eigenvalue weighted by Crippen LogP contribution is 2.43. The Bertz CT molecular complexity index is 2490. The van der Waals surface area contributed by atoms with Gasteiger partial charge in [-0.05, 0) is 46.2 Å². The van der Waals surface area contributed by atoms with Gasteiger partial charge in [0.25, 0.3) is 11.8 Å². The van der Waals surface area contributed by atoms with Crippen LogP contribution in [0.25, 0.3) is 0 Å². The number of amides is 2. The van der Waals surface area contributed by atoms with Crippen molar-refractivity contribution in [1.29, 1.82) is 0 Å². The first kappa shape index (κ1) is 43.0. The first-order valence-corrected chi connectivity index (χ1v) is 23.5. The van der Waals surface area contributed by atoms with Crippen molar-refractivity contribution in [3.8, 4) is 0 Å². The van der Waals surface area contributed by atoms with Crippen molar-refractivity contribution >= 4 is 63.3 Å². The molecule has 4 heterocycles. The second-order valence-electron chi connectivity index (χ2n) is 15.4. The largest absolute Gasteiger partial charge is 0.448 e. The van der Waals surface area contributed by atoms with E-state index in [4.69, 9.17) is 30.9 Å². The average Bonchev–Trinajstić information content (AvgIpc) is 3.83. The van der Waals surface area contributed by atoms with Gasteiger partial charge in [-0.25, -0.2) is 9.78 Å². The van der Waals surface area contributed by atoms with Crippen LogP contribution < -0.4 is 10.6 Å². The van der Waals surface area contributed by atoms with Crippen molar-refractivity contribution in [3.05, 3.63) is 202 Å². The van der Waals surface area contributed by atoms with Crippen LogP contribution in [0.3, 0.4) is 0 Å². The number of halogens is 1. The van der Waals surface area contributed by atoms with E-state index in [1.165, 1.54) is 28.0 Å². The van der Waals surface area contributed by atoms with Crippen LogP contribution >= 0.6 is 34.7 Å². The normalized spacial score (nSPS) is 18.8. The molecule has 3 aliphatic rings. The number of oxime groups is 1. The average molecular weight is 911 g/mol. The van der Waals surface area contributed by atoms with Crippen molar-refractivity contribution < 1.29 is 28.7 Å². The molecule has 3 aliphatic heterocycles. The van der Waals surface area contributed by atoms with E-state index in [9.17, 15) is 14.4 Å². The topological polar surface area (TPSA) is 131 Å². The molecular formula is C50H44ClN5O6S2. The summed E-state index contributed by atoms with van der Waals surface area (Å²) < 4.78 is 12.0. The molecule has 6 aromatic rings. The van der Waals surface area contributed by atoms with Crippen molar-refractivity contribution in [1.82, 2.24) is 15.2 Å². The number of fused-ring (bicyclic) bond motifs is 1. The molecule has 0 spiro atoms. The number of alkyl halides is 1. The molecular weight excluding hydrogens is 866 g/mol. The number of anilines is 1. The third-order valence-electron chi connectivity index (χ3n) is 11.4. The van der Waals surface area contributed by atoms with Crippen molar-refractivity contribution in [2.24, 2.45) is 5.16 Å². The van der Waals surface area contributed by atoms with Crippen molar-refractivity contribution in [2.75, 3.05) is 23.6 Å². The molecule has 3 atom stereocenters. The van der Waals surface area contributed by atoms with Gasteiger partial charge in [-0.3, -0.25) is 14.5 Å². The molecule has 2 fully saturated rings. The minimum Gasteiger partial charge on any atom is -0.448 e. The van der Waals surface area contributed by atoms with Crippen LogP contribution in [0.5, 0.6) is 0 Å². The highest BCUT2D eigenvalue weighted by molar-refractivity contribution is 8.00. The monoisotopic (exact) mass is 909 g/mol. The summed E-state index contributed by atoms with van der Waals surface area (Å²) in [5.74, 6) is -1.46. The minimum absolute atomic E-state index is 0.0178. The SMILES string of the molecule is O=C(NC1C(=O)N2C(C(=O)OC(c3ccccc3)c3ccccc3)=C(CCl)CS[C@@H]12)C(=NOC1CCCCO1)c1csc(NC(c2ccccc2)(c2ccccc2)c2ccccc2)n1. The van der Waals surface area contributed by atoms with E-state index in [1.54, 1.807) is 5.38 Å². The van der Waals surface area contributed by atoms with E-state index in [2.05, 4.69) is 52.2 Å². The number of ether oxygens (including phenoxy) is 2. The molecule has 0 radical (unpaired) electrons. The third-order valence-corrected chi connectivity index (χ3v) is 13.8. The van der Waals surface area contributed by atoms with E-state index in [0.29, 0.717) is 29.5 Å². The Balaban J connectivity index is 0.994. The van der Waals surface area contributed by atoms with Gasteiger partial charge in [0.15, 0.2) is 16.9 Å². The molecule has 11 nitrogen and oxygen atoms in total. The summed E-state index contributed by atoms with van der Waals surface area (Å²) in [4.78, 5) is 55.0. The molecule has 0 aliphatic carbocycles. The first-order chi connectivity index (χ1) is 31.4. The number of carbonyl (C=O) groups excluding carboxylic acids is 3. The van der Waals surface area contributed by atoms with E-state index in [1.807, 2.05) is 115 Å². The molecule has 2 N–H and O–H groups in total. The van der Waals surface area contributed by atoms with Gasteiger partial charge in [-0.1, -0.05) is 157 Å². The fourth-order valence-electron chi connectivity index (χ4n) is 8.22. The Hall–Kier alpha value is -6.25. The van der Waals surface area contributed by atoms with Crippen LogP contribution in [0.1, 0.15) is 58.9 Å². The highest BCUT2D eigenvalue weighted by atomic mass is 35.5. The number of benzene rings is 5. The number of hydrogen-bond donors (Lipinski definition) is 2. The van der Waals surface area contributed by atoms with E-state index in [0.717, 1.165) is 40.7 Å². The maximum absolute atomic E-state index is 14.5. The van der Waals surface area contributed by atoms with Gasteiger partial charge in [0, 0.05) is 23.4 Å². The molecule has 0 saturated carbocycles. The number of rotatable bonds is 15. The van der Waals surface area contributed by atoms with Gasteiger partial charge >= 0.3 is 5.97 Å². The van der Waals surface area contributed by atoms with Crippen molar-refractivity contribution in [2.45, 2.75) is 48.6 Å². The molecule has 0 bridgehead atoms. The molecule has 5 aromatic carbocycles. The number of thiazole rings is 1. The predicted octanol–water partition coefficient (Wildman–Crippen LogP) is 9.02. The minimum atomic E-state index is -0.995. The lowest BCUT2D eigenvalue weighted by atomic mass is 9.77. The number of aromatic nitrogens is 1. The van der Waals surface area contributed by atoms with Gasteiger partial charge in [0.2, 0.25) is 6.29 Å². The van der Waals surface area contributed by atoms with Crippen molar-refractivity contribution in [3.63, 3.8) is 0 Å². The zero-order valence-electron chi connectivity index (χ0n) is 34.5. The molecule has 2 amide bonds. The van der Waals surface area contributed by atoms with E-state index >= 15 is 0 Å². The highest BCUT2D eigenvalue weighted by Gasteiger charge is 2.55. The van der Waals surface area contributed by atoms with E-state index < -0.39 is 47.1 Å². The Morgan fingerprint density at radius 2 is 1.39 bits per heavy atom. The van der Waals surface area contributed by atoms with Gasteiger partial charge in [0.1, 0.15) is 28.3 Å². The fourth-order valence-corrected chi connectivity index (χ4v) is 10.7. The predicted molar refractivity (Wildman–Crippen MR) is 250 cm³/mol. The summed E-state index contributed by atoms with van der Waals surface area (Å²) in [6, 6.07) is 48.2. The molecule has 324 valence electrons. The lowest BCUT2D eigenvalue weighted by Crippen LogP contribution is -2.71. The van der Waals surface area contributed by atoms with Gasteiger partial charge < -0.3 is 24.9 Å². The molecule has 2 unspecified atom stereocenters. The lowest BCUT2D eigenvalue weighted by Gasteiger charge is -2.49. The van der Waals surface area contributed by atoms with Gasteiger partial charge in [-0.2, -0.15) is 0 Å². The molecule has 14 heteroatoms.